The minimum Gasteiger partial charge on any atom is -0.399 e. The molecule has 5 nitrogen and oxygen atoms in total. The fourth-order valence-electron chi connectivity index (χ4n) is 2.21. The van der Waals surface area contributed by atoms with Crippen LogP contribution < -0.4 is 16.5 Å². The van der Waals surface area contributed by atoms with Crippen molar-refractivity contribution in [1.29, 1.82) is 0 Å². The van der Waals surface area contributed by atoms with Gasteiger partial charge in [-0.1, -0.05) is 30.3 Å². The van der Waals surface area contributed by atoms with Gasteiger partial charge >= 0.3 is 0 Å². The van der Waals surface area contributed by atoms with Crippen molar-refractivity contribution < 1.29 is 4.79 Å². The Hall–Kier alpha value is -3.60. The largest absolute Gasteiger partial charge is 0.399 e. The highest BCUT2D eigenvalue weighted by molar-refractivity contribution is 5.95. The molecule has 0 bridgehead atoms. The summed E-state index contributed by atoms with van der Waals surface area (Å²) in [6.45, 7) is 0. The van der Waals surface area contributed by atoms with Gasteiger partial charge in [0.2, 0.25) is 0 Å². The Balaban J connectivity index is 1.56. The molecule has 0 saturated carbocycles. The molecule has 124 valence electrons. The maximum absolute atomic E-state index is 11.9. The van der Waals surface area contributed by atoms with Crippen LogP contribution in [-0.4, -0.2) is 12.1 Å². The van der Waals surface area contributed by atoms with E-state index in [0.29, 0.717) is 11.3 Å². The lowest BCUT2D eigenvalue weighted by Gasteiger charge is -2.06. The molecule has 0 spiro atoms. The SMILES string of the molecule is Nc1ccc(C(=O)N/N=C/c2ccc(Nc3ccccc3)cc2)cc1. The van der Waals surface area contributed by atoms with E-state index >= 15 is 0 Å². The van der Waals surface area contributed by atoms with E-state index in [0.717, 1.165) is 16.9 Å². The number of hydrogen-bond donors (Lipinski definition) is 3. The van der Waals surface area contributed by atoms with Crippen LogP contribution in [0.15, 0.2) is 84.0 Å². The van der Waals surface area contributed by atoms with Crippen LogP contribution in [0.2, 0.25) is 0 Å². The van der Waals surface area contributed by atoms with E-state index in [-0.39, 0.29) is 5.91 Å². The van der Waals surface area contributed by atoms with Gasteiger partial charge in [0, 0.05) is 22.6 Å². The van der Waals surface area contributed by atoms with Crippen LogP contribution in [0.5, 0.6) is 0 Å². The summed E-state index contributed by atoms with van der Waals surface area (Å²) in [6, 6.07) is 24.4. The monoisotopic (exact) mass is 330 g/mol. The molecule has 0 aliphatic carbocycles. The third kappa shape index (κ3) is 4.68. The number of hydrogen-bond acceptors (Lipinski definition) is 4. The number of carbonyl (C=O) groups excluding carboxylic acids is 1. The van der Waals surface area contributed by atoms with Gasteiger partial charge in [-0.05, 0) is 54.1 Å². The van der Waals surface area contributed by atoms with E-state index in [1.807, 2.05) is 54.6 Å². The minimum atomic E-state index is -0.279. The standard InChI is InChI=1S/C20H18N4O/c21-17-10-8-16(9-11-17)20(25)24-22-14-15-6-12-19(13-7-15)23-18-4-2-1-3-5-18/h1-14,23H,21H2,(H,24,25)/b22-14+. The molecule has 0 aliphatic heterocycles. The van der Waals surface area contributed by atoms with Gasteiger partial charge in [-0.15, -0.1) is 0 Å². The summed E-state index contributed by atoms with van der Waals surface area (Å²) in [7, 11) is 0. The molecule has 0 saturated heterocycles. The van der Waals surface area contributed by atoms with Gasteiger partial charge in [0.1, 0.15) is 0 Å². The highest BCUT2D eigenvalue weighted by atomic mass is 16.2. The maximum atomic E-state index is 11.9. The van der Waals surface area contributed by atoms with Gasteiger partial charge in [-0.25, -0.2) is 5.43 Å². The number of hydrazone groups is 1. The van der Waals surface area contributed by atoms with Crippen LogP contribution in [0, 0.1) is 0 Å². The number of nitrogens with one attached hydrogen (secondary N) is 2. The molecule has 4 N–H and O–H groups in total. The van der Waals surface area contributed by atoms with E-state index in [1.54, 1.807) is 30.5 Å². The van der Waals surface area contributed by atoms with Crippen LogP contribution in [0.4, 0.5) is 17.1 Å². The second kappa shape index (κ2) is 7.79. The van der Waals surface area contributed by atoms with E-state index in [2.05, 4.69) is 15.8 Å². The van der Waals surface area contributed by atoms with Crippen molar-refractivity contribution in [3.05, 3.63) is 90.0 Å². The molecular weight excluding hydrogens is 312 g/mol. The van der Waals surface area contributed by atoms with Crippen LogP contribution >= 0.6 is 0 Å². The molecule has 5 heteroatoms. The molecule has 0 radical (unpaired) electrons. The first-order valence-electron chi connectivity index (χ1n) is 7.82. The molecule has 0 unspecified atom stereocenters. The molecule has 0 fully saturated rings. The second-order valence-corrected chi connectivity index (χ2v) is 5.43. The lowest BCUT2D eigenvalue weighted by molar-refractivity contribution is 0.0955. The van der Waals surface area contributed by atoms with Gasteiger partial charge in [-0.3, -0.25) is 4.79 Å². The fraction of sp³-hybridized carbons (Fsp3) is 0. The van der Waals surface area contributed by atoms with Crippen molar-refractivity contribution in [3.8, 4) is 0 Å². The number of anilines is 3. The van der Waals surface area contributed by atoms with Crippen LogP contribution in [0.25, 0.3) is 0 Å². The zero-order chi connectivity index (χ0) is 17.5. The van der Waals surface area contributed by atoms with Crippen molar-refractivity contribution in [3.63, 3.8) is 0 Å². The van der Waals surface area contributed by atoms with Gasteiger partial charge in [-0.2, -0.15) is 5.10 Å². The zero-order valence-electron chi connectivity index (χ0n) is 13.5. The summed E-state index contributed by atoms with van der Waals surface area (Å²) in [4.78, 5) is 11.9. The highest BCUT2D eigenvalue weighted by Crippen LogP contribution is 2.16. The van der Waals surface area contributed by atoms with Gasteiger partial charge in [0.25, 0.3) is 5.91 Å². The molecule has 3 aromatic rings. The number of nitrogens with two attached hydrogens (primary N) is 1. The summed E-state index contributed by atoms with van der Waals surface area (Å²) < 4.78 is 0. The summed E-state index contributed by atoms with van der Waals surface area (Å²) in [5.74, 6) is -0.279. The Morgan fingerprint density at radius 1 is 0.840 bits per heavy atom. The number of nitrogen functional groups attached to an aromatic ring is 1. The average Bonchev–Trinajstić information content (AvgIpc) is 2.64. The number of benzene rings is 3. The van der Waals surface area contributed by atoms with Crippen molar-refractivity contribution in [1.82, 2.24) is 5.43 Å². The van der Waals surface area contributed by atoms with E-state index < -0.39 is 0 Å². The number of nitrogens with zero attached hydrogens (tertiary/aromatic N) is 1. The lowest BCUT2D eigenvalue weighted by atomic mass is 10.2. The van der Waals surface area contributed by atoms with Crippen molar-refractivity contribution in [2.45, 2.75) is 0 Å². The topological polar surface area (TPSA) is 79.5 Å². The molecule has 0 atom stereocenters. The Morgan fingerprint density at radius 3 is 2.16 bits per heavy atom. The fourth-order valence-corrected chi connectivity index (χ4v) is 2.21. The summed E-state index contributed by atoms with van der Waals surface area (Å²) in [6.07, 6.45) is 1.60. The molecular formula is C20H18N4O. The Labute approximate surface area is 146 Å². The van der Waals surface area contributed by atoms with Gasteiger partial charge < -0.3 is 11.1 Å². The highest BCUT2D eigenvalue weighted by Gasteiger charge is 2.02. The molecule has 0 heterocycles. The predicted molar refractivity (Wildman–Crippen MR) is 102 cm³/mol. The molecule has 1 amide bonds. The lowest BCUT2D eigenvalue weighted by Crippen LogP contribution is -2.17. The number of amides is 1. The van der Waals surface area contributed by atoms with Crippen LogP contribution in [0.1, 0.15) is 15.9 Å². The number of rotatable bonds is 5. The van der Waals surface area contributed by atoms with Crippen molar-refractivity contribution >= 4 is 29.2 Å². The Morgan fingerprint density at radius 2 is 1.48 bits per heavy atom. The van der Waals surface area contributed by atoms with Crippen molar-refractivity contribution in [2.75, 3.05) is 11.1 Å². The van der Waals surface area contributed by atoms with Crippen LogP contribution in [0.3, 0.4) is 0 Å². The quantitative estimate of drug-likeness (QED) is 0.378. The first-order valence-corrected chi connectivity index (χ1v) is 7.82. The maximum Gasteiger partial charge on any atom is 0.271 e. The number of carbonyl (C=O) groups is 1. The summed E-state index contributed by atoms with van der Waals surface area (Å²) >= 11 is 0. The number of para-hydroxylation sites is 1. The van der Waals surface area contributed by atoms with E-state index in [1.165, 1.54) is 0 Å². The smallest absolute Gasteiger partial charge is 0.271 e. The third-order valence-electron chi connectivity index (χ3n) is 3.53. The average molecular weight is 330 g/mol. The Kier molecular flexibility index (Phi) is 5.07. The molecule has 0 aromatic heterocycles. The first-order chi connectivity index (χ1) is 12.2. The molecule has 25 heavy (non-hydrogen) atoms. The normalized spacial score (nSPS) is 10.6. The molecule has 3 aromatic carbocycles. The molecule has 0 aliphatic rings. The Bertz CT molecular complexity index is 856. The van der Waals surface area contributed by atoms with Gasteiger partial charge in [0.15, 0.2) is 0 Å². The summed E-state index contributed by atoms with van der Waals surface area (Å²) in [5, 5.41) is 7.28. The van der Waals surface area contributed by atoms with Gasteiger partial charge in [0.05, 0.1) is 6.21 Å². The predicted octanol–water partition coefficient (Wildman–Crippen LogP) is 3.78. The minimum absolute atomic E-state index is 0.279. The van der Waals surface area contributed by atoms with Crippen molar-refractivity contribution in [2.24, 2.45) is 5.10 Å². The van der Waals surface area contributed by atoms with Crippen LogP contribution in [-0.2, 0) is 0 Å². The molecule has 3 rings (SSSR count). The second-order valence-electron chi connectivity index (χ2n) is 5.43. The first kappa shape index (κ1) is 16.3. The summed E-state index contributed by atoms with van der Waals surface area (Å²) in [5.41, 5.74) is 12.1. The van der Waals surface area contributed by atoms with E-state index in [4.69, 9.17) is 5.73 Å². The third-order valence-corrected chi connectivity index (χ3v) is 3.53. The van der Waals surface area contributed by atoms with E-state index in [9.17, 15) is 4.79 Å². The zero-order valence-corrected chi connectivity index (χ0v) is 13.5.